The quantitative estimate of drug-likeness (QED) is 0.774. The van der Waals surface area contributed by atoms with Gasteiger partial charge in [0.05, 0.1) is 12.8 Å². The Labute approximate surface area is 128 Å². The van der Waals surface area contributed by atoms with Crippen LogP contribution in [0.4, 0.5) is 0 Å². The SMILES string of the molecule is O=C([C@@H]1CC=CCC1)N(Cc1ccsc1)Cc1ccco1. The average Bonchev–Trinajstić information content (AvgIpc) is 3.20. The largest absolute Gasteiger partial charge is 0.467 e. The average molecular weight is 301 g/mol. The van der Waals surface area contributed by atoms with Gasteiger partial charge in [-0.25, -0.2) is 0 Å². The molecule has 110 valence electrons. The van der Waals surface area contributed by atoms with Gasteiger partial charge in [0.1, 0.15) is 5.76 Å². The second kappa shape index (κ2) is 6.76. The van der Waals surface area contributed by atoms with E-state index in [4.69, 9.17) is 4.42 Å². The number of furan rings is 1. The molecule has 2 heterocycles. The van der Waals surface area contributed by atoms with Crippen molar-refractivity contribution in [1.29, 1.82) is 0 Å². The maximum atomic E-state index is 12.8. The van der Waals surface area contributed by atoms with E-state index in [2.05, 4.69) is 23.6 Å². The molecule has 1 aliphatic rings. The van der Waals surface area contributed by atoms with Crippen molar-refractivity contribution in [3.63, 3.8) is 0 Å². The van der Waals surface area contributed by atoms with Crippen molar-refractivity contribution < 1.29 is 9.21 Å². The van der Waals surface area contributed by atoms with Crippen LogP contribution in [-0.2, 0) is 17.9 Å². The van der Waals surface area contributed by atoms with E-state index in [0.29, 0.717) is 13.1 Å². The molecular weight excluding hydrogens is 282 g/mol. The highest BCUT2D eigenvalue weighted by molar-refractivity contribution is 7.07. The van der Waals surface area contributed by atoms with E-state index < -0.39 is 0 Å². The van der Waals surface area contributed by atoms with Gasteiger partial charge in [-0.15, -0.1) is 0 Å². The standard InChI is InChI=1S/C17H19NO2S/c19-17(15-5-2-1-3-6-15)18(11-14-8-10-21-13-14)12-16-7-4-9-20-16/h1-2,4,7-10,13,15H,3,5-6,11-12H2/t15-/m1/s1. The third-order valence-electron chi connectivity index (χ3n) is 3.81. The Morgan fingerprint density at radius 3 is 2.95 bits per heavy atom. The fourth-order valence-corrected chi connectivity index (χ4v) is 3.34. The predicted molar refractivity (Wildman–Crippen MR) is 83.8 cm³/mol. The number of hydrogen-bond acceptors (Lipinski definition) is 3. The molecular formula is C17H19NO2S. The Morgan fingerprint density at radius 2 is 2.29 bits per heavy atom. The molecule has 1 amide bonds. The number of hydrogen-bond donors (Lipinski definition) is 0. The third-order valence-corrected chi connectivity index (χ3v) is 4.54. The molecule has 0 bridgehead atoms. The molecule has 1 aliphatic carbocycles. The number of rotatable bonds is 5. The zero-order chi connectivity index (χ0) is 14.5. The minimum absolute atomic E-state index is 0.114. The molecule has 0 fully saturated rings. The first kappa shape index (κ1) is 14.1. The van der Waals surface area contributed by atoms with E-state index in [1.807, 2.05) is 22.4 Å². The van der Waals surface area contributed by atoms with Gasteiger partial charge in [-0.2, -0.15) is 11.3 Å². The third kappa shape index (κ3) is 3.64. The Hall–Kier alpha value is -1.81. The summed E-state index contributed by atoms with van der Waals surface area (Å²) in [4.78, 5) is 14.7. The summed E-state index contributed by atoms with van der Waals surface area (Å²) in [6, 6.07) is 5.87. The zero-order valence-electron chi connectivity index (χ0n) is 11.9. The van der Waals surface area contributed by atoms with Crippen molar-refractivity contribution in [3.8, 4) is 0 Å². The fourth-order valence-electron chi connectivity index (χ4n) is 2.68. The van der Waals surface area contributed by atoms with Crippen LogP contribution in [0, 0.1) is 5.92 Å². The normalized spacial score (nSPS) is 17.8. The predicted octanol–water partition coefficient (Wildman–Crippen LogP) is 4.23. The number of carbonyl (C=O) groups is 1. The van der Waals surface area contributed by atoms with Crippen molar-refractivity contribution in [3.05, 3.63) is 58.7 Å². The summed E-state index contributed by atoms with van der Waals surface area (Å²) in [7, 11) is 0. The Bertz CT molecular complexity index is 550. The van der Waals surface area contributed by atoms with Crippen LogP contribution < -0.4 is 0 Å². The van der Waals surface area contributed by atoms with Gasteiger partial charge in [0.25, 0.3) is 0 Å². The van der Waals surface area contributed by atoms with E-state index >= 15 is 0 Å². The van der Waals surface area contributed by atoms with Gasteiger partial charge < -0.3 is 9.32 Å². The zero-order valence-corrected chi connectivity index (χ0v) is 12.7. The maximum Gasteiger partial charge on any atom is 0.226 e. The lowest BCUT2D eigenvalue weighted by molar-refractivity contribution is -0.137. The van der Waals surface area contributed by atoms with Crippen molar-refractivity contribution in [2.24, 2.45) is 5.92 Å². The highest BCUT2D eigenvalue weighted by Gasteiger charge is 2.25. The number of nitrogens with zero attached hydrogens (tertiary/aromatic N) is 1. The molecule has 0 saturated heterocycles. The van der Waals surface area contributed by atoms with Crippen molar-refractivity contribution in [2.75, 3.05) is 0 Å². The van der Waals surface area contributed by atoms with Crippen LogP contribution >= 0.6 is 11.3 Å². The molecule has 0 spiro atoms. The smallest absolute Gasteiger partial charge is 0.226 e. The summed E-state index contributed by atoms with van der Waals surface area (Å²) in [5, 5.41) is 4.15. The Kier molecular flexibility index (Phi) is 4.55. The van der Waals surface area contributed by atoms with Crippen LogP contribution in [0.15, 0.2) is 51.8 Å². The molecule has 0 radical (unpaired) electrons. The molecule has 2 aromatic rings. The number of allylic oxidation sites excluding steroid dienone is 2. The molecule has 21 heavy (non-hydrogen) atoms. The molecule has 0 unspecified atom stereocenters. The first-order valence-corrected chi connectivity index (χ1v) is 8.24. The minimum atomic E-state index is 0.114. The monoisotopic (exact) mass is 301 g/mol. The summed E-state index contributed by atoms with van der Waals surface area (Å²) in [6.07, 6.45) is 8.77. The minimum Gasteiger partial charge on any atom is -0.467 e. The van der Waals surface area contributed by atoms with Gasteiger partial charge in [-0.05, 0) is 53.8 Å². The molecule has 3 rings (SSSR count). The number of thiophene rings is 1. The lowest BCUT2D eigenvalue weighted by Crippen LogP contribution is -2.35. The molecule has 0 aliphatic heterocycles. The molecule has 0 saturated carbocycles. The fraction of sp³-hybridized carbons (Fsp3) is 0.353. The summed E-state index contributed by atoms with van der Waals surface area (Å²) in [6.45, 7) is 1.20. The lowest BCUT2D eigenvalue weighted by Gasteiger charge is -2.27. The Morgan fingerprint density at radius 1 is 1.33 bits per heavy atom. The van der Waals surface area contributed by atoms with E-state index in [1.165, 1.54) is 5.56 Å². The van der Waals surface area contributed by atoms with Crippen LogP contribution in [0.1, 0.15) is 30.6 Å². The summed E-state index contributed by atoms with van der Waals surface area (Å²) in [5.74, 6) is 1.19. The lowest BCUT2D eigenvalue weighted by atomic mass is 9.93. The summed E-state index contributed by atoms with van der Waals surface area (Å²) < 4.78 is 5.42. The van der Waals surface area contributed by atoms with Gasteiger partial charge in [0, 0.05) is 12.5 Å². The second-order valence-electron chi connectivity index (χ2n) is 5.39. The Balaban J connectivity index is 1.73. The molecule has 2 aromatic heterocycles. The molecule has 1 atom stereocenters. The second-order valence-corrected chi connectivity index (χ2v) is 6.17. The summed E-state index contributed by atoms with van der Waals surface area (Å²) in [5.41, 5.74) is 1.19. The van der Waals surface area contributed by atoms with E-state index in [0.717, 1.165) is 25.0 Å². The molecule has 3 nitrogen and oxygen atoms in total. The van der Waals surface area contributed by atoms with Crippen molar-refractivity contribution >= 4 is 17.2 Å². The first-order valence-electron chi connectivity index (χ1n) is 7.30. The molecule has 0 N–H and O–H groups in total. The van der Waals surface area contributed by atoms with Gasteiger partial charge in [-0.3, -0.25) is 4.79 Å². The van der Waals surface area contributed by atoms with E-state index in [-0.39, 0.29) is 11.8 Å². The van der Waals surface area contributed by atoms with Crippen molar-refractivity contribution in [2.45, 2.75) is 32.4 Å². The molecule has 4 heteroatoms. The van der Waals surface area contributed by atoms with Crippen molar-refractivity contribution in [1.82, 2.24) is 4.90 Å². The van der Waals surface area contributed by atoms with Crippen LogP contribution in [0.3, 0.4) is 0 Å². The van der Waals surface area contributed by atoms with E-state index in [9.17, 15) is 4.79 Å². The van der Waals surface area contributed by atoms with Gasteiger partial charge in [0.15, 0.2) is 0 Å². The van der Waals surface area contributed by atoms with Gasteiger partial charge in [0.2, 0.25) is 5.91 Å². The van der Waals surface area contributed by atoms with Gasteiger partial charge >= 0.3 is 0 Å². The topological polar surface area (TPSA) is 33.5 Å². The van der Waals surface area contributed by atoms with Gasteiger partial charge in [-0.1, -0.05) is 12.2 Å². The van der Waals surface area contributed by atoms with Crippen LogP contribution in [0.2, 0.25) is 0 Å². The van der Waals surface area contributed by atoms with Crippen LogP contribution in [0.25, 0.3) is 0 Å². The summed E-state index contributed by atoms with van der Waals surface area (Å²) >= 11 is 1.66. The molecule has 0 aromatic carbocycles. The first-order chi connectivity index (χ1) is 10.3. The highest BCUT2D eigenvalue weighted by Crippen LogP contribution is 2.23. The van der Waals surface area contributed by atoms with Crippen LogP contribution in [-0.4, -0.2) is 10.8 Å². The van der Waals surface area contributed by atoms with Crippen LogP contribution in [0.5, 0.6) is 0 Å². The maximum absolute atomic E-state index is 12.8. The number of carbonyl (C=O) groups excluding carboxylic acids is 1. The highest BCUT2D eigenvalue weighted by atomic mass is 32.1. The van der Waals surface area contributed by atoms with E-state index in [1.54, 1.807) is 17.6 Å². The number of amides is 1.